The van der Waals surface area contributed by atoms with Crippen LogP contribution in [0.4, 0.5) is 0 Å². The van der Waals surface area contributed by atoms with Crippen LogP contribution in [0.15, 0.2) is 18.2 Å². The number of para-hydroxylation sites is 1. The van der Waals surface area contributed by atoms with Gasteiger partial charge in [-0.25, -0.2) is 4.79 Å². The first-order valence-corrected chi connectivity index (χ1v) is 9.62. The van der Waals surface area contributed by atoms with Gasteiger partial charge in [0.2, 0.25) is 5.91 Å². The highest BCUT2D eigenvalue weighted by Crippen LogP contribution is 2.30. The van der Waals surface area contributed by atoms with Crippen molar-refractivity contribution in [1.29, 1.82) is 0 Å². The molecule has 0 aromatic heterocycles. The van der Waals surface area contributed by atoms with Crippen LogP contribution < -0.4 is 15.7 Å². The molecule has 1 saturated heterocycles. The van der Waals surface area contributed by atoms with Crippen LogP contribution in [0.1, 0.15) is 22.3 Å². The second-order valence-electron chi connectivity index (χ2n) is 7.25. The summed E-state index contributed by atoms with van der Waals surface area (Å²) in [5, 5.41) is 22.3. The molecule has 10 heteroatoms. The summed E-state index contributed by atoms with van der Waals surface area (Å²) in [5.74, 6) is -1.75. The minimum Gasteiger partial charge on any atom is -0.534 e. The Kier molecular flexibility index (Phi) is 6.90. The number of nitrogens with one attached hydrogen (secondary N) is 1. The first-order chi connectivity index (χ1) is 13.5. The lowest BCUT2D eigenvalue weighted by Crippen LogP contribution is -2.55. The quantitative estimate of drug-likeness (QED) is 0.446. The lowest BCUT2D eigenvalue weighted by molar-refractivity contribution is -0.122. The maximum atomic E-state index is 12.5. The van der Waals surface area contributed by atoms with Crippen LogP contribution in [0.2, 0.25) is 0 Å². The highest BCUT2D eigenvalue weighted by molar-refractivity contribution is 6.47. The average molecular weight is 390 g/mol. The number of carbonyl (C=O) groups is 2. The van der Waals surface area contributed by atoms with Gasteiger partial charge in [0.25, 0.3) is 0 Å². The van der Waals surface area contributed by atoms with Crippen molar-refractivity contribution in [2.45, 2.75) is 18.8 Å². The molecule has 1 aromatic carbocycles. The number of amides is 1. The number of carboxylic acid groups (broad SMARTS) is 1. The molecule has 3 rings (SSSR count). The van der Waals surface area contributed by atoms with E-state index in [2.05, 4.69) is 15.1 Å². The van der Waals surface area contributed by atoms with Crippen molar-refractivity contribution >= 4 is 19.0 Å². The third-order valence-corrected chi connectivity index (χ3v) is 5.19. The molecule has 152 valence electrons. The van der Waals surface area contributed by atoms with Gasteiger partial charge in [0, 0.05) is 26.2 Å². The van der Waals surface area contributed by atoms with E-state index in [0.717, 1.165) is 39.1 Å². The van der Waals surface area contributed by atoms with Crippen LogP contribution in [0.3, 0.4) is 0 Å². The number of nitrogens with zero attached hydrogens (tertiary/aromatic N) is 2. The number of carboxylic acids is 1. The molecule has 2 aliphatic rings. The fraction of sp³-hybridized carbons (Fsp3) is 0.556. The van der Waals surface area contributed by atoms with Crippen LogP contribution in [0, 0.1) is 0 Å². The van der Waals surface area contributed by atoms with Gasteiger partial charge in [-0.1, -0.05) is 12.1 Å². The molecule has 0 bridgehead atoms. The van der Waals surface area contributed by atoms with E-state index in [4.69, 9.17) is 10.4 Å². The van der Waals surface area contributed by atoms with Crippen molar-refractivity contribution < 1.29 is 24.4 Å². The predicted molar refractivity (Wildman–Crippen MR) is 104 cm³/mol. The van der Waals surface area contributed by atoms with Crippen LogP contribution in [-0.4, -0.2) is 90.7 Å². The summed E-state index contributed by atoms with van der Waals surface area (Å²) in [6.45, 7) is 5.24. The molecule has 2 aliphatic heterocycles. The Morgan fingerprint density at radius 3 is 2.75 bits per heavy atom. The molecule has 0 spiro atoms. The van der Waals surface area contributed by atoms with E-state index in [0.29, 0.717) is 18.5 Å². The van der Waals surface area contributed by atoms with E-state index < -0.39 is 19.0 Å². The van der Waals surface area contributed by atoms with E-state index in [9.17, 15) is 19.7 Å². The number of hydrogen-bond acceptors (Lipinski definition) is 7. The molecule has 1 fully saturated rings. The fourth-order valence-corrected chi connectivity index (χ4v) is 3.76. The molecule has 0 aliphatic carbocycles. The van der Waals surface area contributed by atoms with Gasteiger partial charge < -0.3 is 30.7 Å². The summed E-state index contributed by atoms with van der Waals surface area (Å²) in [7, 11) is -1.29. The number of hydrogen-bond donors (Lipinski definition) is 4. The molecule has 2 heterocycles. The Labute approximate surface area is 164 Å². The standard InChI is InChI=1S/C18H27BN4O5/c20-5-8-22-6-2-7-23(10-9-22)12-16(24)21-15-11-13-3-1-4-14(18(25)26)17(13)28-19(15)27/h1,3-4,15,27H,2,5-12,20H2,(H,21,24)(H,25,26)/t15-/m0/s1. The van der Waals surface area contributed by atoms with E-state index in [1.807, 2.05) is 0 Å². The first-order valence-electron chi connectivity index (χ1n) is 9.62. The molecule has 1 amide bonds. The average Bonchev–Trinajstić information content (AvgIpc) is 2.87. The van der Waals surface area contributed by atoms with E-state index in [1.165, 1.54) is 6.07 Å². The van der Waals surface area contributed by atoms with Gasteiger partial charge in [-0.3, -0.25) is 9.69 Å². The van der Waals surface area contributed by atoms with Crippen molar-refractivity contribution in [3.8, 4) is 5.75 Å². The van der Waals surface area contributed by atoms with E-state index >= 15 is 0 Å². The summed E-state index contributed by atoms with van der Waals surface area (Å²) in [6, 6.07) is 4.81. The molecule has 5 N–H and O–H groups in total. The van der Waals surface area contributed by atoms with Gasteiger partial charge >= 0.3 is 13.1 Å². The summed E-state index contributed by atoms with van der Waals surface area (Å²) in [6.07, 6.45) is 1.29. The van der Waals surface area contributed by atoms with Crippen LogP contribution in [0.5, 0.6) is 5.75 Å². The molecule has 9 nitrogen and oxygen atoms in total. The smallest absolute Gasteiger partial charge is 0.534 e. The summed E-state index contributed by atoms with van der Waals surface area (Å²) in [5.41, 5.74) is 6.28. The molecule has 0 radical (unpaired) electrons. The van der Waals surface area contributed by atoms with Gasteiger partial charge in [-0.15, -0.1) is 0 Å². The topological polar surface area (TPSA) is 128 Å². The lowest BCUT2D eigenvalue weighted by Gasteiger charge is -2.29. The van der Waals surface area contributed by atoms with Crippen molar-refractivity contribution in [3.05, 3.63) is 29.3 Å². The molecular weight excluding hydrogens is 363 g/mol. The molecule has 0 unspecified atom stereocenters. The molecule has 28 heavy (non-hydrogen) atoms. The number of nitrogens with two attached hydrogens (primary N) is 1. The highest BCUT2D eigenvalue weighted by Gasteiger charge is 2.37. The molecule has 0 saturated carbocycles. The number of fused-ring (bicyclic) bond motifs is 1. The second kappa shape index (κ2) is 9.38. The van der Waals surface area contributed by atoms with Crippen LogP contribution in [0.25, 0.3) is 0 Å². The maximum absolute atomic E-state index is 12.5. The van der Waals surface area contributed by atoms with Crippen molar-refractivity contribution in [2.24, 2.45) is 5.73 Å². The van der Waals surface area contributed by atoms with Crippen molar-refractivity contribution in [2.75, 3.05) is 45.8 Å². The summed E-state index contributed by atoms with van der Waals surface area (Å²) >= 11 is 0. The normalized spacial score (nSPS) is 20.8. The third kappa shape index (κ3) is 5.02. The van der Waals surface area contributed by atoms with Crippen molar-refractivity contribution in [1.82, 2.24) is 15.1 Å². The Hall–Kier alpha value is -2.14. The maximum Gasteiger partial charge on any atom is 0.547 e. The van der Waals surface area contributed by atoms with E-state index in [-0.39, 0.29) is 23.8 Å². The number of benzene rings is 1. The largest absolute Gasteiger partial charge is 0.547 e. The minimum atomic E-state index is -1.29. The minimum absolute atomic E-state index is 0.00734. The first kappa shape index (κ1) is 20.6. The predicted octanol–water partition coefficient (Wildman–Crippen LogP) is -1.21. The Morgan fingerprint density at radius 1 is 1.25 bits per heavy atom. The Morgan fingerprint density at radius 2 is 2.00 bits per heavy atom. The second-order valence-corrected chi connectivity index (χ2v) is 7.25. The SMILES string of the molecule is NCCN1CCCN(CC(=O)N[C@H]2Cc3cccc(C(=O)O)c3OB2O)CC1. The Balaban J connectivity index is 1.56. The van der Waals surface area contributed by atoms with Crippen LogP contribution >= 0.6 is 0 Å². The number of rotatable bonds is 6. The molecule has 1 aromatic rings. The van der Waals surface area contributed by atoms with E-state index in [1.54, 1.807) is 12.1 Å². The highest BCUT2D eigenvalue weighted by atomic mass is 16.5. The summed E-state index contributed by atoms with van der Waals surface area (Å²) in [4.78, 5) is 28.2. The molecule has 1 atom stereocenters. The van der Waals surface area contributed by atoms with Gasteiger partial charge in [0.15, 0.2) is 0 Å². The third-order valence-electron chi connectivity index (χ3n) is 5.19. The fourth-order valence-electron chi connectivity index (χ4n) is 3.76. The zero-order valence-electron chi connectivity index (χ0n) is 15.8. The number of aromatic carboxylic acids is 1. The molecular formula is C18H27BN4O5. The summed E-state index contributed by atoms with van der Waals surface area (Å²) < 4.78 is 5.42. The van der Waals surface area contributed by atoms with Crippen molar-refractivity contribution in [3.63, 3.8) is 0 Å². The van der Waals surface area contributed by atoms with Gasteiger partial charge in [0.05, 0.1) is 18.0 Å². The zero-order chi connectivity index (χ0) is 20.1. The monoisotopic (exact) mass is 390 g/mol. The van der Waals surface area contributed by atoms with Gasteiger partial charge in [-0.05, 0) is 37.6 Å². The lowest BCUT2D eigenvalue weighted by atomic mass is 9.72. The zero-order valence-corrected chi connectivity index (χ0v) is 15.8. The van der Waals surface area contributed by atoms with Crippen LogP contribution in [-0.2, 0) is 11.2 Å². The van der Waals surface area contributed by atoms with Gasteiger partial charge in [-0.2, -0.15) is 0 Å². The Bertz CT molecular complexity index is 719. The number of carbonyl (C=O) groups excluding carboxylic acids is 1. The van der Waals surface area contributed by atoms with Gasteiger partial charge in [0.1, 0.15) is 5.75 Å².